The molecule has 1 amide bonds. The molecule has 2 aromatic carbocycles. The largest absolute Gasteiger partial charge is 0.392 e. The molecule has 0 saturated heterocycles. The van der Waals surface area contributed by atoms with E-state index in [9.17, 15) is 4.79 Å². The van der Waals surface area contributed by atoms with E-state index in [1.54, 1.807) is 0 Å². The number of carbonyl (C=O) groups is 1. The second kappa shape index (κ2) is 5.60. The van der Waals surface area contributed by atoms with Crippen molar-refractivity contribution in [2.24, 2.45) is 5.73 Å². The van der Waals surface area contributed by atoms with Crippen molar-refractivity contribution in [1.29, 1.82) is 0 Å². The van der Waals surface area contributed by atoms with E-state index in [1.165, 1.54) is 5.39 Å². The van der Waals surface area contributed by atoms with E-state index in [0.717, 1.165) is 10.9 Å². The number of amides is 1. The normalized spacial score (nSPS) is 10.2. The van der Waals surface area contributed by atoms with Gasteiger partial charge in [-0.15, -0.1) is 0 Å². The van der Waals surface area contributed by atoms with Crippen LogP contribution in [0.4, 0.5) is 0 Å². The summed E-state index contributed by atoms with van der Waals surface area (Å²) in [6, 6.07) is 14.1. The van der Waals surface area contributed by atoms with Crippen molar-refractivity contribution in [3.05, 3.63) is 48.0 Å². The molecule has 0 spiro atoms. The van der Waals surface area contributed by atoms with Crippen LogP contribution >= 0.6 is 12.2 Å². The molecule has 0 saturated carbocycles. The first-order valence-corrected chi connectivity index (χ1v) is 6.08. The number of nitrogens with one attached hydrogen (secondary N) is 1. The number of thiocarbonyl (C=S) groups is 1. The molecule has 0 aliphatic heterocycles. The Morgan fingerprint density at radius 1 is 1.17 bits per heavy atom. The maximum Gasteiger partial charge on any atom is 0.224 e. The van der Waals surface area contributed by atoms with Gasteiger partial charge in [-0.2, -0.15) is 0 Å². The van der Waals surface area contributed by atoms with E-state index in [-0.39, 0.29) is 12.5 Å². The predicted molar refractivity (Wildman–Crippen MR) is 77.4 cm³/mol. The Kier molecular flexibility index (Phi) is 3.89. The van der Waals surface area contributed by atoms with E-state index >= 15 is 0 Å². The zero-order valence-electron chi connectivity index (χ0n) is 9.85. The van der Waals surface area contributed by atoms with Gasteiger partial charge in [-0.1, -0.05) is 54.7 Å². The molecule has 0 atom stereocenters. The molecule has 18 heavy (non-hydrogen) atoms. The smallest absolute Gasteiger partial charge is 0.224 e. The first kappa shape index (κ1) is 12.5. The Labute approximate surface area is 111 Å². The van der Waals surface area contributed by atoms with Crippen LogP contribution in [-0.2, 0) is 11.2 Å². The monoisotopic (exact) mass is 258 g/mol. The maximum absolute atomic E-state index is 11.6. The summed E-state index contributed by atoms with van der Waals surface area (Å²) in [5.41, 5.74) is 6.31. The SMILES string of the molecule is NC(=S)CNC(=O)Cc1ccc2ccccc2c1. The molecule has 2 aromatic rings. The Morgan fingerprint density at radius 3 is 2.61 bits per heavy atom. The molecule has 0 aliphatic rings. The number of carbonyl (C=O) groups excluding carboxylic acids is 1. The number of hydrogen-bond donors (Lipinski definition) is 2. The lowest BCUT2D eigenvalue weighted by atomic mass is 10.1. The molecule has 0 heterocycles. The van der Waals surface area contributed by atoms with Crippen LogP contribution in [0.3, 0.4) is 0 Å². The van der Waals surface area contributed by atoms with Gasteiger partial charge in [0.15, 0.2) is 0 Å². The fourth-order valence-electron chi connectivity index (χ4n) is 1.78. The highest BCUT2D eigenvalue weighted by molar-refractivity contribution is 7.80. The summed E-state index contributed by atoms with van der Waals surface area (Å²) in [5.74, 6) is -0.0712. The zero-order valence-corrected chi connectivity index (χ0v) is 10.7. The number of nitrogens with two attached hydrogens (primary N) is 1. The third-order valence-corrected chi connectivity index (χ3v) is 2.78. The van der Waals surface area contributed by atoms with Crippen molar-refractivity contribution in [2.75, 3.05) is 6.54 Å². The Balaban J connectivity index is 2.07. The second-order valence-corrected chi connectivity index (χ2v) is 4.63. The highest BCUT2D eigenvalue weighted by Gasteiger charge is 2.04. The van der Waals surface area contributed by atoms with Crippen LogP contribution in [0.15, 0.2) is 42.5 Å². The van der Waals surface area contributed by atoms with Gasteiger partial charge in [-0.3, -0.25) is 4.79 Å². The quantitative estimate of drug-likeness (QED) is 0.822. The van der Waals surface area contributed by atoms with Crippen molar-refractivity contribution < 1.29 is 4.79 Å². The second-order valence-electron chi connectivity index (χ2n) is 4.10. The molecular weight excluding hydrogens is 244 g/mol. The van der Waals surface area contributed by atoms with Gasteiger partial charge in [0, 0.05) is 0 Å². The molecule has 0 bridgehead atoms. The third kappa shape index (κ3) is 3.28. The highest BCUT2D eigenvalue weighted by Crippen LogP contribution is 2.15. The molecule has 4 heteroatoms. The van der Waals surface area contributed by atoms with Gasteiger partial charge < -0.3 is 11.1 Å². The highest BCUT2D eigenvalue weighted by atomic mass is 32.1. The minimum absolute atomic E-state index is 0.0712. The van der Waals surface area contributed by atoms with Gasteiger partial charge >= 0.3 is 0 Å². The van der Waals surface area contributed by atoms with Crippen LogP contribution < -0.4 is 11.1 Å². The van der Waals surface area contributed by atoms with Crippen LogP contribution in [0.2, 0.25) is 0 Å². The van der Waals surface area contributed by atoms with Crippen LogP contribution in [0.1, 0.15) is 5.56 Å². The summed E-state index contributed by atoms with van der Waals surface area (Å²) in [4.78, 5) is 11.9. The molecule has 0 fully saturated rings. The van der Waals surface area contributed by atoms with Crippen LogP contribution in [0.25, 0.3) is 10.8 Å². The van der Waals surface area contributed by atoms with Gasteiger partial charge in [-0.05, 0) is 16.3 Å². The summed E-state index contributed by atoms with van der Waals surface area (Å²) in [6.07, 6.45) is 0.341. The number of rotatable bonds is 4. The fourth-order valence-corrected chi connectivity index (χ4v) is 1.85. The van der Waals surface area contributed by atoms with Gasteiger partial charge in [0.2, 0.25) is 5.91 Å². The summed E-state index contributed by atoms with van der Waals surface area (Å²) in [6.45, 7) is 0.252. The lowest BCUT2D eigenvalue weighted by Crippen LogP contribution is -2.33. The molecule has 0 aromatic heterocycles. The van der Waals surface area contributed by atoms with E-state index in [1.807, 2.05) is 42.5 Å². The van der Waals surface area contributed by atoms with Crippen LogP contribution in [0.5, 0.6) is 0 Å². The number of benzene rings is 2. The van der Waals surface area contributed by atoms with Crippen molar-refractivity contribution >= 4 is 33.9 Å². The average molecular weight is 258 g/mol. The molecule has 2 rings (SSSR count). The van der Waals surface area contributed by atoms with Gasteiger partial charge in [0.1, 0.15) is 0 Å². The summed E-state index contributed by atoms with van der Waals surface area (Å²) in [5, 5.41) is 4.98. The zero-order chi connectivity index (χ0) is 13.0. The molecule has 3 nitrogen and oxygen atoms in total. The summed E-state index contributed by atoms with van der Waals surface area (Å²) in [7, 11) is 0. The summed E-state index contributed by atoms with van der Waals surface area (Å²) < 4.78 is 0. The fraction of sp³-hybridized carbons (Fsp3) is 0.143. The van der Waals surface area contributed by atoms with Crippen molar-refractivity contribution in [1.82, 2.24) is 5.32 Å². The molecule has 0 unspecified atom stereocenters. The Morgan fingerprint density at radius 2 is 1.89 bits per heavy atom. The lowest BCUT2D eigenvalue weighted by molar-refractivity contribution is -0.120. The van der Waals surface area contributed by atoms with Crippen molar-refractivity contribution in [2.45, 2.75) is 6.42 Å². The summed E-state index contributed by atoms with van der Waals surface area (Å²) >= 11 is 4.70. The molecule has 92 valence electrons. The van der Waals surface area contributed by atoms with E-state index in [2.05, 4.69) is 5.32 Å². The van der Waals surface area contributed by atoms with E-state index < -0.39 is 0 Å². The predicted octanol–water partition coefficient (Wildman–Crippen LogP) is 1.78. The minimum Gasteiger partial charge on any atom is -0.392 e. The lowest BCUT2D eigenvalue weighted by Gasteiger charge is -2.05. The van der Waals surface area contributed by atoms with Crippen molar-refractivity contribution in [3.63, 3.8) is 0 Å². The first-order valence-electron chi connectivity index (χ1n) is 5.68. The number of fused-ring (bicyclic) bond motifs is 1. The Bertz CT molecular complexity index is 595. The maximum atomic E-state index is 11.6. The standard InChI is InChI=1S/C14H14N2OS/c15-13(18)9-16-14(17)8-10-5-6-11-3-1-2-4-12(11)7-10/h1-7H,8-9H2,(H2,15,18)(H,16,17). The van der Waals surface area contributed by atoms with Crippen LogP contribution in [0, 0.1) is 0 Å². The van der Waals surface area contributed by atoms with E-state index in [0.29, 0.717) is 11.4 Å². The molecule has 3 N–H and O–H groups in total. The van der Waals surface area contributed by atoms with Crippen molar-refractivity contribution in [3.8, 4) is 0 Å². The third-order valence-electron chi connectivity index (χ3n) is 2.64. The van der Waals surface area contributed by atoms with Gasteiger partial charge in [0.05, 0.1) is 18.0 Å². The molecule has 0 radical (unpaired) electrons. The van der Waals surface area contributed by atoms with Gasteiger partial charge in [0.25, 0.3) is 0 Å². The molecular formula is C14H14N2OS. The van der Waals surface area contributed by atoms with E-state index in [4.69, 9.17) is 18.0 Å². The Hall–Kier alpha value is -1.94. The average Bonchev–Trinajstić information content (AvgIpc) is 2.36. The minimum atomic E-state index is -0.0712. The first-order chi connectivity index (χ1) is 8.65. The van der Waals surface area contributed by atoms with Gasteiger partial charge in [-0.25, -0.2) is 0 Å². The topological polar surface area (TPSA) is 55.1 Å². The number of hydrogen-bond acceptors (Lipinski definition) is 2. The molecule has 0 aliphatic carbocycles. The van der Waals surface area contributed by atoms with Crippen LogP contribution in [-0.4, -0.2) is 17.4 Å².